The highest BCUT2D eigenvalue weighted by Gasteiger charge is 2.13. The molecule has 0 saturated carbocycles. The molecule has 0 fully saturated rings. The normalized spacial score (nSPS) is 12.2. The Balaban J connectivity index is 1.72. The molecule has 0 amide bonds. The van der Waals surface area contributed by atoms with Crippen molar-refractivity contribution >= 4 is 17.9 Å². The summed E-state index contributed by atoms with van der Waals surface area (Å²) >= 11 is 6.04. The highest BCUT2D eigenvalue weighted by molar-refractivity contribution is 6.32. The van der Waals surface area contributed by atoms with Gasteiger partial charge in [0.05, 0.1) is 5.02 Å². The third kappa shape index (κ3) is 2.56. The smallest absolute Gasteiger partial charge is 0.231 e. The van der Waals surface area contributed by atoms with Gasteiger partial charge in [0.15, 0.2) is 11.5 Å². The third-order valence-corrected chi connectivity index (χ3v) is 3.22. The average molecular weight is 291 g/mol. The van der Waals surface area contributed by atoms with Crippen LogP contribution < -0.4 is 14.2 Å². The summed E-state index contributed by atoms with van der Waals surface area (Å²) in [6, 6.07) is 10.5. The zero-order valence-corrected chi connectivity index (χ0v) is 11.2. The molecule has 0 saturated heterocycles. The molecule has 3 rings (SSSR count). The minimum absolute atomic E-state index is 0.249. The molecular formula is C15H11ClO4. The lowest BCUT2D eigenvalue weighted by molar-refractivity contribution is 0.112. The van der Waals surface area contributed by atoms with Crippen molar-refractivity contribution in [2.75, 3.05) is 6.79 Å². The Morgan fingerprint density at radius 1 is 1.15 bits per heavy atom. The maximum atomic E-state index is 10.6. The lowest BCUT2D eigenvalue weighted by atomic mass is 10.2. The van der Waals surface area contributed by atoms with Crippen LogP contribution in [0.3, 0.4) is 0 Å². The number of benzene rings is 2. The van der Waals surface area contributed by atoms with E-state index in [1.54, 1.807) is 18.2 Å². The van der Waals surface area contributed by atoms with Gasteiger partial charge in [-0.1, -0.05) is 17.7 Å². The quantitative estimate of drug-likeness (QED) is 0.809. The number of rotatable bonds is 4. The SMILES string of the molecule is O=Cc1ccc(OCc2ccc3c(c2)OCO3)c(Cl)c1. The number of hydrogen-bond acceptors (Lipinski definition) is 4. The number of ether oxygens (including phenoxy) is 3. The molecule has 102 valence electrons. The maximum absolute atomic E-state index is 10.6. The summed E-state index contributed by atoms with van der Waals surface area (Å²) in [4.78, 5) is 10.6. The molecule has 1 heterocycles. The van der Waals surface area contributed by atoms with Crippen LogP contribution in [0.4, 0.5) is 0 Å². The number of carbonyl (C=O) groups excluding carboxylic acids is 1. The van der Waals surface area contributed by atoms with E-state index in [0.717, 1.165) is 17.6 Å². The van der Waals surface area contributed by atoms with E-state index in [1.807, 2.05) is 18.2 Å². The first-order valence-electron chi connectivity index (χ1n) is 6.02. The van der Waals surface area contributed by atoms with Crippen LogP contribution in [-0.2, 0) is 6.61 Å². The summed E-state index contributed by atoms with van der Waals surface area (Å²) in [5.41, 5.74) is 1.47. The third-order valence-electron chi connectivity index (χ3n) is 2.92. The molecule has 0 atom stereocenters. The van der Waals surface area contributed by atoms with E-state index in [0.29, 0.717) is 28.7 Å². The first-order valence-corrected chi connectivity index (χ1v) is 6.40. The van der Waals surface area contributed by atoms with E-state index < -0.39 is 0 Å². The van der Waals surface area contributed by atoms with Gasteiger partial charge < -0.3 is 14.2 Å². The Kier molecular flexibility index (Phi) is 3.48. The first-order chi connectivity index (χ1) is 9.76. The van der Waals surface area contributed by atoms with Crippen molar-refractivity contribution in [3.63, 3.8) is 0 Å². The Morgan fingerprint density at radius 3 is 2.80 bits per heavy atom. The zero-order chi connectivity index (χ0) is 13.9. The van der Waals surface area contributed by atoms with E-state index in [-0.39, 0.29) is 6.79 Å². The molecule has 1 aliphatic heterocycles. The van der Waals surface area contributed by atoms with Gasteiger partial charge in [0.1, 0.15) is 18.6 Å². The van der Waals surface area contributed by atoms with E-state index >= 15 is 0 Å². The summed E-state index contributed by atoms with van der Waals surface area (Å²) < 4.78 is 16.2. The average Bonchev–Trinajstić information content (AvgIpc) is 2.93. The van der Waals surface area contributed by atoms with E-state index in [9.17, 15) is 4.79 Å². The first kappa shape index (κ1) is 12.8. The minimum Gasteiger partial charge on any atom is -0.487 e. The molecule has 0 aromatic heterocycles. The number of halogens is 1. The van der Waals surface area contributed by atoms with Gasteiger partial charge in [-0.25, -0.2) is 0 Å². The van der Waals surface area contributed by atoms with Crippen LogP contribution in [0.5, 0.6) is 17.2 Å². The van der Waals surface area contributed by atoms with Gasteiger partial charge in [0.2, 0.25) is 6.79 Å². The largest absolute Gasteiger partial charge is 0.487 e. The highest BCUT2D eigenvalue weighted by atomic mass is 35.5. The van der Waals surface area contributed by atoms with E-state index in [1.165, 1.54) is 0 Å². The zero-order valence-electron chi connectivity index (χ0n) is 10.5. The fourth-order valence-corrected chi connectivity index (χ4v) is 2.14. The summed E-state index contributed by atoms with van der Waals surface area (Å²) in [6.45, 7) is 0.607. The fourth-order valence-electron chi connectivity index (χ4n) is 1.90. The van der Waals surface area contributed by atoms with Gasteiger partial charge in [-0.3, -0.25) is 4.79 Å². The molecule has 5 heteroatoms. The van der Waals surface area contributed by atoms with Gasteiger partial charge in [-0.15, -0.1) is 0 Å². The van der Waals surface area contributed by atoms with Crippen LogP contribution in [0.1, 0.15) is 15.9 Å². The molecule has 0 aliphatic carbocycles. The summed E-state index contributed by atoms with van der Waals surface area (Å²) in [6.07, 6.45) is 0.744. The molecule has 20 heavy (non-hydrogen) atoms. The maximum Gasteiger partial charge on any atom is 0.231 e. The second kappa shape index (κ2) is 5.43. The van der Waals surface area contributed by atoms with Crippen LogP contribution in [-0.4, -0.2) is 13.1 Å². The van der Waals surface area contributed by atoms with Crippen LogP contribution in [0, 0.1) is 0 Å². The molecule has 0 radical (unpaired) electrons. The van der Waals surface area contributed by atoms with Crippen molar-refractivity contribution in [3.8, 4) is 17.2 Å². The van der Waals surface area contributed by atoms with Crippen LogP contribution in [0.25, 0.3) is 0 Å². The van der Waals surface area contributed by atoms with Gasteiger partial charge >= 0.3 is 0 Å². The van der Waals surface area contributed by atoms with Gasteiger partial charge in [-0.05, 0) is 35.9 Å². The summed E-state index contributed by atoms with van der Waals surface area (Å²) in [5, 5.41) is 0.412. The molecule has 2 aromatic rings. The molecule has 2 aromatic carbocycles. The van der Waals surface area contributed by atoms with Crippen LogP contribution in [0.15, 0.2) is 36.4 Å². The minimum atomic E-state index is 0.249. The monoisotopic (exact) mass is 290 g/mol. The Hall–Kier alpha value is -2.20. The number of hydrogen-bond donors (Lipinski definition) is 0. The van der Waals surface area contributed by atoms with Gasteiger partial charge in [-0.2, -0.15) is 0 Å². The molecule has 0 unspecified atom stereocenters. The molecule has 0 bridgehead atoms. The van der Waals surface area contributed by atoms with E-state index in [2.05, 4.69) is 0 Å². The van der Waals surface area contributed by atoms with Crippen molar-refractivity contribution in [1.29, 1.82) is 0 Å². The molecule has 1 aliphatic rings. The lowest BCUT2D eigenvalue weighted by Gasteiger charge is -2.09. The standard InChI is InChI=1S/C15H11ClO4/c16-12-5-10(7-17)1-3-13(12)18-8-11-2-4-14-15(6-11)20-9-19-14/h1-7H,8-9H2. The highest BCUT2D eigenvalue weighted by Crippen LogP contribution is 2.33. The van der Waals surface area contributed by atoms with Gasteiger partial charge in [0.25, 0.3) is 0 Å². The molecular weight excluding hydrogens is 280 g/mol. The van der Waals surface area contributed by atoms with Crippen molar-refractivity contribution in [2.45, 2.75) is 6.61 Å². The second-order valence-electron chi connectivity index (χ2n) is 4.28. The van der Waals surface area contributed by atoms with Crippen molar-refractivity contribution in [2.24, 2.45) is 0 Å². The topological polar surface area (TPSA) is 44.8 Å². The number of carbonyl (C=O) groups is 1. The Morgan fingerprint density at radius 2 is 2.00 bits per heavy atom. The summed E-state index contributed by atoms with van der Waals surface area (Å²) in [5.74, 6) is 1.99. The van der Waals surface area contributed by atoms with Crippen molar-refractivity contribution < 1.29 is 19.0 Å². The Labute approximate surface area is 120 Å². The van der Waals surface area contributed by atoms with Crippen molar-refractivity contribution in [3.05, 3.63) is 52.5 Å². The molecule has 4 nitrogen and oxygen atoms in total. The number of fused-ring (bicyclic) bond motifs is 1. The predicted molar refractivity (Wildman–Crippen MR) is 73.7 cm³/mol. The van der Waals surface area contributed by atoms with Crippen LogP contribution in [0.2, 0.25) is 5.02 Å². The second-order valence-corrected chi connectivity index (χ2v) is 4.69. The van der Waals surface area contributed by atoms with Gasteiger partial charge in [0, 0.05) is 5.56 Å². The lowest BCUT2D eigenvalue weighted by Crippen LogP contribution is -1.96. The van der Waals surface area contributed by atoms with Crippen LogP contribution >= 0.6 is 11.6 Å². The van der Waals surface area contributed by atoms with E-state index in [4.69, 9.17) is 25.8 Å². The predicted octanol–water partition coefficient (Wildman–Crippen LogP) is 3.46. The van der Waals surface area contributed by atoms with Crippen molar-refractivity contribution in [1.82, 2.24) is 0 Å². The molecule has 0 spiro atoms. The number of aldehydes is 1. The fraction of sp³-hybridized carbons (Fsp3) is 0.133. The summed E-state index contributed by atoms with van der Waals surface area (Å²) in [7, 11) is 0. The molecule has 0 N–H and O–H groups in total. The Bertz CT molecular complexity index is 654.